The minimum Gasteiger partial charge on any atom is -0.392 e. The van der Waals surface area contributed by atoms with Gasteiger partial charge in [0.1, 0.15) is 6.04 Å². The summed E-state index contributed by atoms with van der Waals surface area (Å²) in [6.07, 6.45) is 0.0364. The van der Waals surface area contributed by atoms with Crippen LogP contribution in [0.15, 0.2) is 0 Å². The summed E-state index contributed by atoms with van der Waals surface area (Å²) in [5.74, 6) is -0.906. The summed E-state index contributed by atoms with van der Waals surface area (Å²) >= 11 is 0. The number of carbonyl (C=O) groups is 2. The van der Waals surface area contributed by atoms with Crippen LogP contribution < -0.4 is 11.1 Å². The predicted octanol–water partition coefficient (Wildman–Crippen LogP) is -3.02. The molecule has 6 nitrogen and oxygen atoms in total. The minimum absolute atomic E-state index is 0.0364. The molecule has 2 atom stereocenters. The van der Waals surface area contributed by atoms with Gasteiger partial charge in [0.15, 0.2) is 12.0 Å². The fourth-order valence-electron chi connectivity index (χ4n) is 0.798. The van der Waals surface area contributed by atoms with Crippen LogP contribution in [0.1, 0.15) is 0 Å². The Morgan fingerprint density at radius 1 is 1.83 bits per heavy atom. The molecule has 0 rings (SSSR count). The fourth-order valence-corrected chi connectivity index (χ4v) is 0.798. The number of aliphatic hydroxyl groups is 2. The maximum absolute atomic E-state index is 10.8. The second-order valence-corrected chi connectivity index (χ2v) is 2.39. The molecule has 70 valence electrons. The fraction of sp³-hybridized carbons (Fsp3) is 0.667. The normalized spacial score (nSPS) is 18.0. The molecule has 6 heteroatoms. The summed E-state index contributed by atoms with van der Waals surface area (Å²) in [6.45, 7) is -0.807. The number of nitrogens with one attached hydrogen (secondary N) is 1. The molecule has 0 spiro atoms. The molecule has 0 amide bonds. The summed E-state index contributed by atoms with van der Waals surface area (Å²) in [6, 6.07) is -1.28. The van der Waals surface area contributed by atoms with Crippen molar-refractivity contribution >= 4 is 12.1 Å². The first kappa shape index (κ1) is 11.2. The third-order valence-corrected chi connectivity index (χ3v) is 1.44. The average Bonchev–Trinajstić information content (AvgIpc) is 2.05. The average molecular weight is 176 g/mol. The number of nitrogens with two attached hydrogens (primary N) is 1. The van der Waals surface area contributed by atoms with Crippen LogP contribution >= 0.6 is 0 Å². The summed E-state index contributed by atoms with van der Waals surface area (Å²) in [5, 5.41) is 20.1. The molecule has 0 fully saturated rings. The lowest BCUT2D eigenvalue weighted by Gasteiger charge is -2.27. The van der Waals surface area contributed by atoms with Crippen LogP contribution in [-0.2, 0) is 9.59 Å². The lowest BCUT2D eigenvalue weighted by Crippen LogP contribution is -2.62. The van der Waals surface area contributed by atoms with Gasteiger partial charge in [0.25, 0.3) is 0 Å². The quantitative estimate of drug-likeness (QED) is 0.201. The summed E-state index contributed by atoms with van der Waals surface area (Å²) < 4.78 is 0. The van der Waals surface area contributed by atoms with Gasteiger partial charge in [-0.2, -0.15) is 0 Å². The van der Waals surface area contributed by atoms with Crippen molar-refractivity contribution in [2.75, 3.05) is 13.7 Å². The van der Waals surface area contributed by atoms with E-state index in [-0.39, 0.29) is 6.29 Å². The molecule has 0 aromatic rings. The van der Waals surface area contributed by atoms with Crippen LogP contribution in [0.2, 0.25) is 0 Å². The van der Waals surface area contributed by atoms with Gasteiger partial charge >= 0.3 is 0 Å². The monoisotopic (exact) mass is 176 g/mol. The first-order valence-corrected chi connectivity index (χ1v) is 3.28. The van der Waals surface area contributed by atoms with Crippen molar-refractivity contribution in [2.45, 2.75) is 11.8 Å². The Morgan fingerprint density at radius 3 is 2.58 bits per heavy atom. The molecule has 0 aromatic carbocycles. The molecule has 0 saturated heterocycles. The number of hydrogen-bond acceptors (Lipinski definition) is 6. The molecule has 0 aromatic heterocycles. The van der Waals surface area contributed by atoms with E-state index in [9.17, 15) is 14.7 Å². The summed E-state index contributed by atoms with van der Waals surface area (Å²) in [5.41, 5.74) is 3.01. The van der Waals surface area contributed by atoms with E-state index in [0.29, 0.717) is 0 Å². The number of Topliss-reactive ketones (excluding diaryl/α,β-unsaturated/α-hetero) is 1. The van der Waals surface area contributed by atoms with E-state index < -0.39 is 24.2 Å². The number of carbonyl (C=O) groups excluding carboxylic acids is 2. The van der Waals surface area contributed by atoms with E-state index >= 15 is 0 Å². The number of aldehydes is 1. The van der Waals surface area contributed by atoms with Crippen LogP contribution in [0.25, 0.3) is 0 Å². The zero-order chi connectivity index (χ0) is 9.78. The third-order valence-electron chi connectivity index (χ3n) is 1.44. The maximum Gasteiger partial charge on any atom is 0.216 e. The second-order valence-electron chi connectivity index (χ2n) is 2.39. The van der Waals surface area contributed by atoms with Crippen LogP contribution in [0, 0.1) is 0 Å². The van der Waals surface area contributed by atoms with E-state index in [0.717, 1.165) is 0 Å². The summed E-state index contributed by atoms with van der Waals surface area (Å²) in [4.78, 5) is 20.8. The zero-order valence-corrected chi connectivity index (χ0v) is 6.65. The highest BCUT2D eigenvalue weighted by atomic mass is 16.3. The minimum atomic E-state index is -2.10. The number of ketones is 1. The van der Waals surface area contributed by atoms with Gasteiger partial charge in [0.05, 0.1) is 6.61 Å². The Morgan fingerprint density at radius 2 is 2.33 bits per heavy atom. The third kappa shape index (κ3) is 2.35. The molecular weight excluding hydrogens is 164 g/mol. The Balaban J connectivity index is 4.54. The molecule has 0 radical (unpaired) electrons. The van der Waals surface area contributed by atoms with Crippen molar-refractivity contribution in [3.8, 4) is 0 Å². The zero-order valence-electron chi connectivity index (χ0n) is 6.65. The van der Waals surface area contributed by atoms with Gasteiger partial charge in [0.2, 0.25) is 5.78 Å². The topological polar surface area (TPSA) is 113 Å². The van der Waals surface area contributed by atoms with Gasteiger partial charge in [0, 0.05) is 0 Å². The van der Waals surface area contributed by atoms with Crippen LogP contribution in [-0.4, -0.2) is 47.7 Å². The van der Waals surface area contributed by atoms with Crippen LogP contribution in [0.3, 0.4) is 0 Å². The van der Waals surface area contributed by atoms with E-state index in [1.165, 1.54) is 7.05 Å². The van der Waals surface area contributed by atoms with Crippen molar-refractivity contribution in [1.29, 1.82) is 0 Å². The number of hydrogen-bond donors (Lipinski definition) is 4. The van der Waals surface area contributed by atoms with Gasteiger partial charge < -0.3 is 21.3 Å². The molecule has 0 heterocycles. The first-order valence-electron chi connectivity index (χ1n) is 3.28. The highest BCUT2D eigenvalue weighted by molar-refractivity contribution is 6.27. The smallest absolute Gasteiger partial charge is 0.216 e. The van der Waals surface area contributed by atoms with Crippen molar-refractivity contribution in [2.24, 2.45) is 5.73 Å². The predicted molar refractivity (Wildman–Crippen MR) is 40.1 cm³/mol. The Bertz CT molecular complexity index is 180. The number of rotatable bonds is 5. The van der Waals surface area contributed by atoms with E-state index in [2.05, 4.69) is 5.32 Å². The molecule has 0 bridgehead atoms. The van der Waals surface area contributed by atoms with Crippen molar-refractivity contribution in [3.05, 3.63) is 0 Å². The highest BCUT2D eigenvalue weighted by Gasteiger charge is 2.36. The molecule has 5 N–H and O–H groups in total. The SMILES string of the molecule is CNC(C(=O)C=O)C(N)(O)CO. The standard InChI is InChI=1S/C6H12N2O4/c1-8-5(4(11)2-9)6(7,12)3-10/h2,5,8,10,12H,3,7H2,1H3. The first-order chi connectivity index (χ1) is 5.49. The lowest BCUT2D eigenvalue weighted by molar-refractivity contribution is -0.137. The van der Waals surface area contributed by atoms with Gasteiger partial charge in [-0.25, -0.2) is 0 Å². The summed E-state index contributed by atoms with van der Waals surface area (Å²) in [7, 11) is 1.35. The Kier molecular flexibility index (Phi) is 3.98. The highest BCUT2D eigenvalue weighted by Crippen LogP contribution is 2.01. The van der Waals surface area contributed by atoms with Crippen LogP contribution in [0.4, 0.5) is 0 Å². The van der Waals surface area contributed by atoms with Gasteiger partial charge in [-0.1, -0.05) is 0 Å². The van der Waals surface area contributed by atoms with Gasteiger partial charge in [-0.05, 0) is 7.05 Å². The van der Waals surface area contributed by atoms with Gasteiger partial charge in [-0.3, -0.25) is 9.59 Å². The van der Waals surface area contributed by atoms with Crippen molar-refractivity contribution < 1.29 is 19.8 Å². The van der Waals surface area contributed by atoms with E-state index in [1.54, 1.807) is 0 Å². The molecule has 2 unspecified atom stereocenters. The Labute approximate surface area is 69.4 Å². The van der Waals surface area contributed by atoms with Gasteiger partial charge in [-0.15, -0.1) is 0 Å². The molecular formula is C6H12N2O4. The number of aliphatic hydroxyl groups excluding tert-OH is 1. The molecule has 0 aliphatic heterocycles. The van der Waals surface area contributed by atoms with Crippen LogP contribution in [0.5, 0.6) is 0 Å². The van der Waals surface area contributed by atoms with E-state index in [1.807, 2.05) is 0 Å². The molecule has 12 heavy (non-hydrogen) atoms. The number of likely N-dealkylation sites (N-methyl/N-ethyl adjacent to an activating group) is 1. The van der Waals surface area contributed by atoms with E-state index in [4.69, 9.17) is 10.8 Å². The van der Waals surface area contributed by atoms with Crippen molar-refractivity contribution in [1.82, 2.24) is 5.32 Å². The molecule has 0 aliphatic carbocycles. The second kappa shape index (κ2) is 4.27. The maximum atomic E-state index is 10.8. The van der Waals surface area contributed by atoms with Crippen molar-refractivity contribution in [3.63, 3.8) is 0 Å². The Hall–Kier alpha value is -0.820. The molecule has 0 aliphatic rings. The largest absolute Gasteiger partial charge is 0.392 e. The molecule has 0 saturated carbocycles. The lowest BCUT2D eigenvalue weighted by atomic mass is 10.0.